The SMILES string of the molecule is CCN=C(NCC)N1CCC(Oc2ccccc2)CC1.I. The molecule has 1 aliphatic rings. The Morgan fingerprint density at radius 3 is 2.48 bits per heavy atom. The summed E-state index contributed by atoms with van der Waals surface area (Å²) in [7, 11) is 0. The lowest BCUT2D eigenvalue weighted by atomic mass is 10.1. The number of aliphatic imine (C=N–C) groups is 1. The van der Waals surface area contributed by atoms with Gasteiger partial charge < -0.3 is 15.0 Å². The molecule has 1 saturated heterocycles. The molecule has 0 bridgehead atoms. The number of guanidine groups is 1. The van der Waals surface area contributed by atoms with Crippen LogP contribution in [-0.2, 0) is 0 Å². The van der Waals surface area contributed by atoms with Crippen LogP contribution in [0.2, 0.25) is 0 Å². The second-order valence-corrected chi connectivity index (χ2v) is 4.95. The number of rotatable bonds is 4. The highest BCUT2D eigenvalue weighted by molar-refractivity contribution is 14.0. The molecule has 1 N–H and O–H groups in total. The number of hydrogen-bond acceptors (Lipinski definition) is 2. The van der Waals surface area contributed by atoms with Gasteiger partial charge in [-0.05, 0) is 26.0 Å². The van der Waals surface area contributed by atoms with Crippen LogP contribution >= 0.6 is 24.0 Å². The van der Waals surface area contributed by atoms with Crippen LogP contribution in [-0.4, -0.2) is 43.1 Å². The molecule has 1 fully saturated rings. The van der Waals surface area contributed by atoms with Gasteiger partial charge in [0, 0.05) is 39.0 Å². The van der Waals surface area contributed by atoms with Gasteiger partial charge in [0.1, 0.15) is 11.9 Å². The van der Waals surface area contributed by atoms with Gasteiger partial charge in [-0.25, -0.2) is 0 Å². The largest absolute Gasteiger partial charge is 0.490 e. The Morgan fingerprint density at radius 2 is 1.90 bits per heavy atom. The van der Waals surface area contributed by atoms with E-state index in [0.717, 1.165) is 50.7 Å². The zero-order chi connectivity index (χ0) is 14.2. The molecular formula is C16H26IN3O. The van der Waals surface area contributed by atoms with Gasteiger partial charge in [-0.15, -0.1) is 24.0 Å². The number of piperidine rings is 1. The Kier molecular flexibility index (Phi) is 8.49. The van der Waals surface area contributed by atoms with E-state index < -0.39 is 0 Å². The van der Waals surface area contributed by atoms with E-state index in [1.165, 1.54) is 0 Å². The molecule has 4 nitrogen and oxygen atoms in total. The van der Waals surface area contributed by atoms with Crippen LogP contribution in [0.15, 0.2) is 35.3 Å². The normalized spacial score (nSPS) is 16.3. The molecule has 118 valence electrons. The van der Waals surface area contributed by atoms with E-state index in [0.29, 0.717) is 6.10 Å². The van der Waals surface area contributed by atoms with Gasteiger partial charge in [0.05, 0.1) is 0 Å². The van der Waals surface area contributed by atoms with Crippen molar-refractivity contribution in [2.75, 3.05) is 26.2 Å². The van der Waals surface area contributed by atoms with E-state index in [2.05, 4.69) is 29.1 Å². The van der Waals surface area contributed by atoms with Crippen molar-refractivity contribution in [2.24, 2.45) is 4.99 Å². The van der Waals surface area contributed by atoms with Crippen molar-refractivity contribution in [2.45, 2.75) is 32.8 Å². The molecule has 0 aliphatic carbocycles. The van der Waals surface area contributed by atoms with Gasteiger partial charge in [-0.1, -0.05) is 18.2 Å². The standard InChI is InChI=1S/C16H25N3O.HI/c1-3-17-16(18-4-2)19-12-10-15(11-13-19)20-14-8-6-5-7-9-14;/h5-9,15H,3-4,10-13H2,1-2H3,(H,17,18);1H. The summed E-state index contributed by atoms with van der Waals surface area (Å²) in [6.45, 7) is 7.92. The third-order valence-electron chi connectivity index (χ3n) is 3.43. The lowest BCUT2D eigenvalue weighted by molar-refractivity contribution is 0.129. The summed E-state index contributed by atoms with van der Waals surface area (Å²) < 4.78 is 6.02. The van der Waals surface area contributed by atoms with E-state index in [9.17, 15) is 0 Å². The number of hydrogen-bond donors (Lipinski definition) is 1. The molecule has 1 heterocycles. The van der Waals surface area contributed by atoms with Crippen LogP contribution < -0.4 is 10.1 Å². The zero-order valence-electron chi connectivity index (χ0n) is 12.9. The van der Waals surface area contributed by atoms with Gasteiger partial charge in [-0.3, -0.25) is 4.99 Å². The van der Waals surface area contributed by atoms with Gasteiger partial charge in [-0.2, -0.15) is 0 Å². The second kappa shape index (κ2) is 9.87. The van der Waals surface area contributed by atoms with E-state index >= 15 is 0 Å². The molecule has 5 heteroatoms. The third kappa shape index (κ3) is 5.73. The zero-order valence-corrected chi connectivity index (χ0v) is 15.2. The average Bonchev–Trinajstić information content (AvgIpc) is 2.49. The summed E-state index contributed by atoms with van der Waals surface area (Å²) in [5, 5.41) is 3.35. The number of nitrogens with one attached hydrogen (secondary N) is 1. The predicted octanol–water partition coefficient (Wildman–Crippen LogP) is 3.13. The second-order valence-electron chi connectivity index (χ2n) is 4.95. The molecular weight excluding hydrogens is 377 g/mol. The van der Waals surface area contributed by atoms with Crippen molar-refractivity contribution < 1.29 is 4.74 Å². The minimum atomic E-state index is 0. The maximum atomic E-state index is 6.02. The first-order valence-electron chi connectivity index (χ1n) is 7.58. The summed E-state index contributed by atoms with van der Waals surface area (Å²) in [6, 6.07) is 10.1. The van der Waals surface area contributed by atoms with E-state index in [1.54, 1.807) is 0 Å². The highest BCUT2D eigenvalue weighted by Gasteiger charge is 2.22. The number of para-hydroxylation sites is 1. The number of likely N-dealkylation sites (tertiary alicyclic amines) is 1. The summed E-state index contributed by atoms with van der Waals surface area (Å²) in [4.78, 5) is 6.87. The maximum Gasteiger partial charge on any atom is 0.193 e. The number of nitrogens with zero attached hydrogens (tertiary/aromatic N) is 2. The van der Waals surface area contributed by atoms with Crippen LogP contribution in [0.25, 0.3) is 0 Å². The average molecular weight is 403 g/mol. The molecule has 1 aromatic rings. The maximum absolute atomic E-state index is 6.02. The smallest absolute Gasteiger partial charge is 0.193 e. The fourth-order valence-corrected chi connectivity index (χ4v) is 2.45. The third-order valence-corrected chi connectivity index (χ3v) is 3.43. The molecule has 21 heavy (non-hydrogen) atoms. The fraction of sp³-hybridized carbons (Fsp3) is 0.562. The molecule has 1 aromatic carbocycles. The van der Waals surface area contributed by atoms with Crippen molar-refractivity contribution in [3.8, 4) is 5.75 Å². The highest BCUT2D eigenvalue weighted by atomic mass is 127. The van der Waals surface area contributed by atoms with E-state index in [1.807, 2.05) is 30.3 Å². The Morgan fingerprint density at radius 1 is 1.24 bits per heavy atom. The predicted molar refractivity (Wildman–Crippen MR) is 98.7 cm³/mol. The lowest BCUT2D eigenvalue weighted by Crippen LogP contribution is -2.47. The van der Waals surface area contributed by atoms with Crippen molar-refractivity contribution in [1.82, 2.24) is 10.2 Å². The van der Waals surface area contributed by atoms with Crippen molar-refractivity contribution in [1.29, 1.82) is 0 Å². The molecule has 0 radical (unpaired) electrons. The fourth-order valence-electron chi connectivity index (χ4n) is 2.45. The van der Waals surface area contributed by atoms with Gasteiger partial charge >= 0.3 is 0 Å². The first-order valence-corrected chi connectivity index (χ1v) is 7.58. The summed E-state index contributed by atoms with van der Waals surface area (Å²) in [5.74, 6) is 2.01. The molecule has 0 amide bonds. The van der Waals surface area contributed by atoms with Crippen LogP contribution in [0.3, 0.4) is 0 Å². The minimum Gasteiger partial charge on any atom is -0.490 e. The van der Waals surface area contributed by atoms with Crippen LogP contribution in [0.5, 0.6) is 5.75 Å². The molecule has 0 aromatic heterocycles. The van der Waals surface area contributed by atoms with Crippen molar-refractivity contribution >= 4 is 29.9 Å². The number of benzene rings is 1. The van der Waals surface area contributed by atoms with Crippen LogP contribution in [0.1, 0.15) is 26.7 Å². The van der Waals surface area contributed by atoms with Crippen molar-refractivity contribution in [3.63, 3.8) is 0 Å². The molecule has 1 aliphatic heterocycles. The Balaban J connectivity index is 0.00000220. The highest BCUT2D eigenvalue weighted by Crippen LogP contribution is 2.18. The summed E-state index contributed by atoms with van der Waals surface area (Å²) >= 11 is 0. The first kappa shape index (κ1) is 18.1. The first-order chi connectivity index (χ1) is 9.83. The Hall–Kier alpha value is -0.980. The lowest BCUT2D eigenvalue weighted by Gasteiger charge is -2.34. The number of halogens is 1. The van der Waals surface area contributed by atoms with E-state index in [-0.39, 0.29) is 24.0 Å². The summed E-state index contributed by atoms with van der Waals surface area (Å²) in [5.41, 5.74) is 0. The van der Waals surface area contributed by atoms with Crippen LogP contribution in [0, 0.1) is 0 Å². The molecule has 2 rings (SSSR count). The van der Waals surface area contributed by atoms with E-state index in [4.69, 9.17) is 4.74 Å². The summed E-state index contributed by atoms with van der Waals surface area (Å²) in [6.07, 6.45) is 2.41. The Labute approximate surface area is 145 Å². The molecule has 0 atom stereocenters. The Bertz CT molecular complexity index is 417. The monoisotopic (exact) mass is 403 g/mol. The van der Waals surface area contributed by atoms with Gasteiger partial charge in [0.2, 0.25) is 0 Å². The van der Waals surface area contributed by atoms with Crippen molar-refractivity contribution in [3.05, 3.63) is 30.3 Å². The van der Waals surface area contributed by atoms with Crippen LogP contribution in [0.4, 0.5) is 0 Å². The molecule has 0 saturated carbocycles. The topological polar surface area (TPSA) is 36.9 Å². The number of ether oxygens (including phenoxy) is 1. The van der Waals surface area contributed by atoms with Gasteiger partial charge in [0.15, 0.2) is 5.96 Å². The molecule has 0 spiro atoms. The molecule has 0 unspecified atom stereocenters. The minimum absolute atomic E-state index is 0. The van der Waals surface area contributed by atoms with Gasteiger partial charge in [0.25, 0.3) is 0 Å². The quantitative estimate of drug-likeness (QED) is 0.477.